The van der Waals surface area contributed by atoms with Gasteiger partial charge in [-0.25, -0.2) is 0 Å². The zero-order chi connectivity index (χ0) is 15.3. The van der Waals surface area contributed by atoms with E-state index in [1.807, 2.05) is 0 Å². The highest BCUT2D eigenvalue weighted by Gasteiger charge is 2.43. The predicted octanol–water partition coefficient (Wildman–Crippen LogP) is -0.480. The minimum Gasteiger partial charge on any atom is -0.463 e. The van der Waals surface area contributed by atoms with Gasteiger partial charge >= 0.3 is 17.9 Å². The van der Waals surface area contributed by atoms with Crippen LogP contribution in [0.1, 0.15) is 27.2 Å². The molecule has 0 amide bonds. The van der Waals surface area contributed by atoms with Gasteiger partial charge in [0.2, 0.25) is 0 Å². The van der Waals surface area contributed by atoms with Crippen molar-refractivity contribution in [3.63, 3.8) is 0 Å². The molecule has 0 aromatic rings. The second-order valence-corrected chi connectivity index (χ2v) is 4.39. The summed E-state index contributed by atoms with van der Waals surface area (Å²) in [5.41, 5.74) is 0. The molecule has 1 saturated heterocycles. The monoisotopic (exact) mass is 290 g/mol. The normalized spacial score (nSPS) is 29.4. The summed E-state index contributed by atoms with van der Waals surface area (Å²) >= 11 is 0. The smallest absolute Gasteiger partial charge is 0.303 e. The number of aliphatic hydroxyl groups is 1. The van der Waals surface area contributed by atoms with Crippen LogP contribution in [0.5, 0.6) is 0 Å². The first-order valence-corrected chi connectivity index (χ1v) is 6.11. The molecule has 8 nitrogen and oxygen atoms in total. The van der Waals surface area contributed by atoms with E-state index in [2.05, 4.69) is 0 Å². The second kappa shape index (κ2) is 7.20. The summed E-state index contributed by atoms with van der Waals surface area (Å²) in [7, 11) is 0. The van der Waals surface area contributed by atoms with Crippen molar-refractivity contribution in [3.8, 4) is 0 Å². The van der Waals surface area contributed by atoms with Gasteiger partial charge < -0.3 is 24.1 Å². The lowest BCUT2D eigenvalue weighted by Crippen LogP contribution is -2.53. The third-order valence-corrected chi connectivity index (χ3v) is 2.57. The van der Waals surface area contributed by atoms with Crippen molar-refractivity contribution in [1.29, 1.82) is 0 Å². The molecule has 0 spiro atoms. The van der Waals surface area contributed by atoms with Crippen LogP contribution in [0.3, 0.4) is 0 Å². The van der Waals surface area contributed by atoms with E-state index in [1.54, 1.807) is 0 Å². The topological polar surface area (TPSA) is 108 Å². The standard InChI is InChI=1S/C12H18O8/c1-6(13)17-5-10-12(19-8(3)15)9(18-7(2)14)4-11(16)20-10/h9-12,16H,4-5H2,1-3H3/t9-,10-,11-,12-/m0/s1. The van der Waals surface area contributed by atoms with Gasteiger partial charge in [-0.2, -0.15) is 0 Å². The van der Waals surface area contributed by atoms with Crippen molar-refractivity contribution in [2.45, 2.75) is 51.8 Å². The minimum atomic E-state index is -1.20. The Hall–Kier alpha value is -1.67. The minimum absolute atomic E-state index is 0.0336. The van der Waals surface area contributed by atoms with Crippen LogP contribution in [0.25, 0.3) is 0 Å². The number of carbonyl (C=O) groups is 3. The lowest BCUT2D eigenvalue weighted by molar-refractivity contribution is -0.252. The van der Waals surface area contributed by atoms with E-state index < -0.39 is 42.5 Å². The fraction of sp³-hybridized carbons (Fsp3) is 0.750. The largest absolute Gasteiger partial charge is 0.463 e. The van der Waals surface area contributed by atoms with Gasteiger partial charge in [-0.1, -0.05) is 0 Å². The maximum atomic E-state index is 11.1. The number of hydrogen-bond donors (Lipinski definition) is 1. The summed E-state index contributed by atoms with van der Waals surface area (Å²) in [6.45, 7) is 3.39. The molecule has 20 heavy (non-hydrogen) atoms. The molecule has 0 saturated carbocycles. The molecule has 0 unspecified atom stereocenters. The van der Waals surface area contributed by atoms with Crippen molar-refractivity contribution < 1.29 is 38.4 Å². The number of aliphatic hydroxyl groups excluding tert-OH is 1. The summed E-state index contributed by atoms with van der Waals surface area (Å²) in [6, 6.07) is 0. The number of ether oxygens (including phenoxy) is 4. The predicted molar refractivity (Wildman–Crippen MR) is 63.2 cm³/mol. The fourth-order valence-electron chi connectivity index (χ4n) is 1.91. The van der Waals surface area contributed by atoms with Crippen LogP contribution >= 0.6 is 0 Å². The highest BCUT2D eigenvalue weighted by Crippen LogP contribution is 2.25. The van der Waals surface area contributed by atoms with E-state index in [4.69, 9.17) is 18.9 Å². The molecule has 1 aliphatic heterocycles. The number of hydrogen-bond acceptors (Lipinski definition) is 8. The Labute approximate surface area is 115 Å². The third kappa shape index (κ3) is 5.14. The first-order valence-electron chi connectivity index (χ1n) is 6.11. The van der Waals surface area contributed by atoms with E-state index in [1.165, 1.54) is 20.8 Å². The Bertz CT molecular complexity index is 380. The van der Waals surface area contributed by atoms with Crippen LogP contribution in [0, 0.1) is 0 Å². The average Bonchev–Trinajstić information content (AvgIpc) is 2.28. The van der Waals surface area contributed by atoms with Crippen molar-refractivity contribution >= 4 is 17.9 Å². The summed E-state index contributed by atoms with van der Waals surface area (Å²) in [5, 5.41) is 9.59. The molecule has 114 valence electrons. The molecule has 8 heteroatoms. The van der Waals surface area contributed by atoms with Gasteiger partial charge in [0, 0.05) is 27.2 Å². The van der Waals surface area contributed by atoms with Gasteiger partial charge in [0.25, 0.3) is 0 Å². The first-order chi connectivity index (χ1) is 9.29. The Morgan fingerprint density at radius 1 is 1.10 bits per heavy atom. The van der Waals surface area contributed by atoms with Crippen LogP contribution < -0.4 is 0 Å². The maximum absolute atomic E-state index is 11.1. The van der Waals surface area contributed by atoms with Gasteiger partial charge in [0.05, 0.1) is 0 Å². The second-order valence-electron chi connectivity index (χ2n) is 4.39. The Kier molecular flexibility index (Phi) is 5.90. The van der Waals surface area contributed by atoms with E-state index >= 15 is 0 Å². The third-order valence-electron chi connectivity index (χ3n) is 2.57. The maximum Gasteiger partial charge on any atom is 0.303 e. The van der Waals surface area contributed by atoms with Gasteiger partial charge in [-0.05, 0) is 0 Å². The molecule has 0 radical (unpaired) electrons. The van der Waals surface area contributed by atoms with Crippen LogP contribution in [-0.2, 0) is 33.3 Å². The van der Waals surface area contributed by atoms with Crippen molar-refractivity contribution in [3.05, 3.63) is 0 Å². The summed E-state index contributed by atoms with van der Waals surface area (Å²) in [4.78, 5) is 33.0. The zero-order valence-corrected chi connectivity index (χ0v) is 11.5. The van der Waals surface area contributed by atoms with Crippen LogP contribution in [-0.4, -0.2) is 54.2 Å². The summed E-state index contributed by atoms with van der Waals surface area (Å²) in [5.74, 6) is -1.72. The molecule has 0 aromatic heterocycles. The Balaban J connectivity index is 2.82. The molecule has 1 aliphatic rings. The fourth-order valence-corrected chi connectivity index (χ4v) is 1.91. The molecule has 0 aliphatic carbocycles. The van der Waals surface area contributed by atoms with Gasteiger partial charge in [-0.3, -0.25) is 14.4 Å². The molecule has 1 N–H and O–H groups in total. The van der Waals surface area contributed by atoms with Gasteiger partial charge in [-0.15, -0.1) is 0 Å². The van der Waals surface area contributed by atoms with Crippen LogP contribution in [0.15, 0.2) is 0 Å². The quantitative estimate of drug-likeness (QED) is 0.546. The number of esters is 3. The number of rotatable bonds is 4. The lowest BCUT2D eigenvalue weighted by Gasteiger charge is -2.38. The SMILES string of the molecule is CC(=O)OC[C@@H]1O[C@H](O)C[C@H](OC(C)=O)[C@@H]1OC(C)=O. The highest BCUT2D eigenvalue weighted by molar-refractivity contribution is 5.67. The van der Waals surface area contributed by atoms with Crippen molar-refractivity contribution in [2.75, 3.05) is 6.61 Å². The molecule has 0 aromatic carbocycles. The summed E-state index contributed by atoms with van der Waals surface area (Å²) < 4.78 is 20.0. The van der Waals surface area contributed by atoms with E-state index in [0.29, 0.717) is 0 Å². The first kappa shape index (κ1) is 16.4. The lowest BCUT2D eigenvalue weighted by atomic mass is 10.0. The van der Waals surface area contributed by atoms with E-state index in [0.717, 1.165) is 0 Å². The van der Waals surface area contributed by atoms with Gasteiger partial charge in [0.15, 0.2) is 12.4 Å². The molecule has 4 atom stereocenters. The molecule has 0 bridgehead atoms. The van der Waals surface area contributed by atoms with Crippen LogP contribution in [0.2, 0.25) is 0 Å². The van der Waals surface area contributed by atoms with E-state index in [-0.39, 0.29) is 13.0 Å². The Morgan fingerprint density at radius 3 is 2.20 bits per heavy atom. The Morgan fingerprint density at radius 2 is 1.70 bits per heavy atom. The van der Waals surface area contributed by atoms with Crippen molar-refractivity contribution in [1.82, 2.24) is 0 Å². The summed E-state index contributed by atoms with van der Waals surface area (Å²) in [6.07, 6.45) is -3.95. The average molecular weight is 290 g/mol. The molecular weight excluding hydrogens is 272 g/mol. The molecule has 1 fully saturated rings. The van der Waals surface area contributed by atoms with Crippen LogP contribution in [0.4, 0.5) is 0 Å². The highest BCUT2D eigenvalue weighted by atomic mass is 16.7. The zero-order valence-electron chi connectivity index (χ0n) is 11.5. The van der Waals surface area contributed by atoms with Gasteiger partial charge in [0.1, 0.15) is 18.8 Å². The molecule has 1 heterocycles. The number of carbonyl (C=O) groups excluding carboxylic acids is 3. The molecule has 1 rings (SSSR count). The van der Waals surface area contributed by atoms with E-state index in [9.17, 15) is 19.5 Å². The van der Waals surface area contributed by atoms with Crippen molar-refractivity contribution in [2.24, 2.45) is 0 Å². The molecular formula is C12H18O8.